The number of fused-ring (bicyclic) bond motifs is 4. The first-order valence-electron chi connectivity index (χ1n) is 13.9. The summed E-state index contributed by atoms with van der Waals surface area (Å²) in [5, 5.41) is 8.24. The number of hydrogen-bond acceptors (Lipinski definition) is 10. The quantitative estimate of drug-likeness (QED) is 0.238. The Morgan fingerprint density at radius 2 is 2.05 bits per heavy atom. The van der Waals surface area contributed by atoms with Crippen LogP contribution in [0.25, 0.3) is 16.6 Å². The molecule has 1 amide bonds. The van der Waals surface area contributed by atoms with E-state index in [4.69, 9.17) is 14.2 Å². The zero-order valence-electron chi connectivity index (χ0n) is 24.2. The third-order valence-corrected chi connectivity index (χ3v) is 7.13. The number of nitrogens with zero attached hydrogens (tertiary/aromatic N) is 7. The number of aryl methyl sites for hydroxylation is 1. The van der Waals surface area contributed by atoms with Crippen molar-refractivity contribution < 1.29 is 19.0 Å². The number of amides is 1. The van der Waals surface area contributed by atoms with Gasteiger partial charge in [-0.25, -0.2) is 19.5 Å². The van der Waals surface area contributed by atoms with Gasteiger partial charge in [-0.05, 0) is 55.9 Å². The van der Waals surface area contributed by atoms with Crippen molar-refractivity contribution >= 4 is 39.6 Å². The number of hydrogen-bond donors (Lipinski definition) is 1. The summed E-state index contributed by atoms with van der Waals surface area (Å²) in [4.78, 5) is 30.2. The fraction of sp³-hybridized carbons (Fsp3) is 0.258. The molecule has 0 spiro atoms. The molecule has 1 aliphatic rings. The van der Waals surface area contributed by atoms with Gasteiger partial charge in [0.1, 0.15) is 36.6 Å². The smallest absolute Gasteiger partial charge is 0.250 e. The molecule has 0 radical (unpaired) electrons. The van der Waals surface area contributed by atoms with Crippen LogP contribution in [0, 0.1) is 6.92 Å². The number of carbonyl (C=O) groups is 1. The Bertz CT molecular complexity index is 1800. The van der Waals surface area contributed by atoms with Gasteiger partial charge in [0.05, 0.1) is 29.7 Å². The Balaban J connectivity index is 1.23. The Morgan fingerprint density at radius 3 is 2.91 bits per heavy atom. The second-order valence-corrected chi connectivity index (χ2v) is 10.2. The molecular formula is C31H32N8O4. The molecule has 220 valence electrons. The van der Waals surface area contributed by atoms with Crippen LogP contribution < -0.4 is 19.7 Å². The molecule has 1 aliphatic heterocycles. The average molecular weight is 581 g/mol. The number of methoxy groups -OCH3 is 1. The van der Waals surface area contributed by atoms with E-state index in [1.807, 2.05) is 62.5 Å². The van der Waals surface area contributed by atoms with Gasteiger partial charge < -0.3 is 29.3 Å². The highest BCUT2D eigenvalue weighted by molar-refractivity contribution is 6.07. The average Bonchev–Trinajstić information content (AvgIpc) is 3.49. The van der Waals surface area contributed by atoms with E-state index < -0.39 is 0 Å². The summed E-state index contributed by atoms with van der Waals surface area (Å²) >= 11 is 0. The van der Waals surface area contributed by atoms with Gasteiger partial charge in [0, 0.05) is 44.2 Å². The Morgan fingerprint density at radius 1 is 1.14 bits per heavy atom. The van der Waals surface area contributed by atoms with Crippen molar-refractivity contribution in [3.8, 4) is 17.2 Å². The molecule has 43 heavy (non-hydrogen) atoms. The number of rotatable bonds is 10. The molecule has 0 aliphatic carbocycles. The second kappa shape index (κ2) is 12.4. The lowest BCUT2D eigenvalue weighted by atomic mass is 10.1. The molecule has 2 aromatic carbocycles. The van der Waals surface area contributed by atoms with Crippen LogP contribution in [-0.2, 0) is 9.53 Å². The predicted octanol–water partition coefficient (Wildman–Crippen LogP) is 4.38. The molecule has 12 heteroatoms. The zero-order chi connectivity index (χ0) is 29.8. The van der Waals surface area contributed by atoms with Crippen LogP contribution in [0.15, 0.2) is 73.5 Å². The number of benzene rings is 2. The highest BCUT2D eigenvalue weighted by atomic mass is 16.5. The second-order valence-electron chi connectivity index (χ2n) is 10.2. The van der Waals surface area contributed by atoms with Crippen LogP contribution in [0.2, 0.25) is 0 Å². The van der Waals surface area contributed by atoms with Crippen molar-refractivity contribution in [3.05, 3.63) is 79.0 Å². The number of ether oxygens (including phenoxy) is 3. The van der Waals surface area contributed by atoms with Gasteiger partial charge in [0.15, 0.2) is 11.4 Å². The van der Waals surface area contributed by atoms with E-state index in [-0.39, 0.29) is 5.91 Å². The molecule has 0 fully saturated rings. The minimum atomic E-state index is -0.107. The Labute approximate surface area is 248 Å². The summed E-state index contributed by atoms with van der Waals surface area (Å²) in [7, 11) is 3.66. The molecule has 0 atom stereocenters. The SMILES string of the molecule is COCCN(C)C/C=C/C(=O)N1CCOc2c1ccc1ncnc(Nc3ccc(Oc4ccn5ncnc5c4)c(C)c3)c21. The topological polar surface area (TPSA) is 119 Å². The molecule has 5 aromatic rings. The van der Waals surface area contributed by atoms with Crippen LogP contribution in [-0.4, -0.2) is 82.4 Å². The lowest BCUT2D eigenvalue weighted by molar-refractivity contribution is -0.114. The van der Waals surface area contributed by atoms with E-state index >= 15 is 0 Å². The first-order chi connectivity index (χ1) is 21.0. The molecule has 12 nitrogen and oxygen atoms in total. The number of carbonyl (C=O) groups excluding carboxylic acids is 1. The molecule has 6 rings (SSSR count). The fourth-order valence-corrected chi connectivity index (χ4v) is 4.88. The summed E-state index contributed by atoms with van der Waals surface area (Å²) in [5.41, 5.74) is 3.85. The normalized spacial score (nSPS) is 13.1. The molecule has 0 unspecified atom stereocenters. The van der Waals surface area contributed by atoms with Gasteiger partial charge in [-0.15, -0.1) is 0 Å². The minimum absolute atomic E-state index is 0.107. The van der Waals surface area contributed by atoms with E-state index in [1.165, 1.54) is 12.7 Å². The van der Waals surface area contributed by atoms with Crippen LogP contribution in [0.4, 0.5) is 17.2 Å². The highest BCUT2D eigenvalue weighted by Gasteiger charge is 2.26. The summed E-state index contributed by atoms with van der Waals surface area (Å²) in [5.74, 6) is 2.43. The number of anilines is 3. The molecule has 1 N–H and O–H groups in total. The van der Waals surface area contributed by atoms with Crippen molar-refractivity contribution in [1.29, 1.82) is 0 Å². The highest BCUT2D eigenvalue weighted by Crippen LogP contribution is 2.41. The van der Waals surface area contributed by atoms with Crippen LogP contribution in [0.5, 0.6) is 17.2 Å². The molecule has 3 aromatic heterocycles. The van der Waals surface area contributed by atoms with Gasteiger partial charge in [-0.2, -0.15) is 5.10 Å². The summed E-state index contributed by atoms with van der Waals surface area (Å²) < 4.78 is 19.0. The van der Waals surface area contributed by atoms with Gasteiger partial charge in [0.2, 0.25) is 0 Å². The molecule has 0 saturated carbocycles. The van der Waals surface area contributed by atoms with Crippen LogP contribution >= 0.6 is 0 Å². The number of nitrogens with one attached hydrogen (secondary N) is 1. The lowest BCUT2D eigenvalue weighted by Crippen LogP contribution is -2.37. The third-order valence-electron chi connectivity index (χ3n) is 7.13. The number of pyridine rings is 1. The maximum absolute atomic E-state index is 13.2. The minimum Gasteiger partial charge on any atom is -0.489 e. The fourth-order valence-electron chi connectivity index (χ4n) is 4.88. The standard InChI is InChI=1S/C31H32N8O4/c1-21-17-22(6-9-26(21)43-23-10-12-39-27(18-23)33-20-35-39)36-31-29-24(32-19-34-31)7-8-25-30(29)42-16-14-38(25)28(40)5-4-11-37(2)13-15-41-3/h4-10,12,17-20H,11,13-16H2,1-3H3,(H,32,34,36)/b5-4+. The van der Waals surface area contributed by atoms with Crippen molar-refractivity contribution in [2.45, 2.75) is 6.92 Å². The monoisotopic (exact) mass is 580 g/mol. The van der Waals surface area contributed by atoms with Crippen molar-refractivity contribution in [1.82, 2.24) is 29.5 Å². The summed E-state index contributed by atoms with van der Waals surface area (Å²) in [6, 6.07) is 13.2. The molecule has 0 saturated heterocycles. The van der Waals surface area contributed by atoms with E-state index in [0.717, 1.165) is 23.5 Å². The van der Waals surface area contributed by atoms with Crippen molar-refractivity contribution in [3.63, 3.8) is 0 Å². The van der Waals surface area contributed by atoms with E-state index in [0.29, 0.717) is 65.9 Å². The Hall–Kier alpha value is -5.07. The summed E-state index contributed by atoms with van der Waals surface area (Å²) in [6.07, 6.45) is 8.30. The molecular weight excluding hydrogens is 548 g/mol. The number of likely N-dealkylation sites (N-methyl/N-ethyl adjacent to an activating group) is 1. The first-order valence-corrected chi connectivity index (χ1v) is 13.9. The van der Waals surface area contributed by atoms with Gasteiger partial charge in [-0.1, -0.05) is 6.08 Å². The van der Waals surface area contributed by atoms with E-state index in [2.05, 4.69) is 30.3 Å². The van der Waals surface area contributed by atoms with Gasteiger partial charge >= 0.3 is 0 Å². The van der Waals surface area contributed by atoms with E-state index in [9.17, 15) is 4.79 Å². The largest absolute Gasteiger partial charge is 0.489 e. The van der Waals surface area contributed by atoms with Crippen LogP contribution in [0.1, 0.15) is 5.56 Å². The Kier molecular flexibility index (Phi) is 8.11. The van der Waals surface area contributed by atoms with Gasteiger partial charge in [0.25, 0.3) is 5.91 Å². The van der Waals surface area contributed by atoms with Crippen LogP contribution in [0.3, 0.4) is 0 Å². The van der Waals surface area contributed by atoms with E-state index in [1.54, 1.807) is 28.8 Å². The predicted molar refractivity (Wildman–Crippen MR) is 163 cm³/mol. The van der Waals surface area contributed by atoms with Crippen molar-refractivity contribution in [2.24, 2.45) is 0 Å². The van der Waals surface area contributed by atoms with Crippen molar-refractivity contribution in [2.75, 3.05) is 57.2 Å². The lowest BCUT2D eigenvalue weighted by Gasteiger charge is -2.30. The molecule has 0 bridgehead atoms. The maximum Gasteiger partial charge on any atom is 0.250 e. The number of aromatic nitrogens is 5. The summed E-state index contributed by atoms with van der Waals surface area (Å²) in [6.45, 7) is 4.85. The van der Waals surface area contributed by atoms with Gasteiger partial charge in [-0.3, -0.25) is 4.79 Å². The third kappa shape index (κ3) is 6.10. The maximum atomic E-state index is 13.2. The molecule has 4 heterocycles. The first kappa shape index (κ1) is 28.1. The zero-order valence-corrected chi connectivity index (χ0v) is 24.2.